The zero-order valence-corrected chi connectivity index (χ0v) is 12.3. The lowest BCUT2D eigenvalue weighted by molar-refractivity contribution is -0.121. The summed E-state index contributed by atoms with van der Waals surface area (Å²) in [5.41, 5.74) is 0. The van der Waals surface area contributed by atoms with Gasteiger partial charge in [0.05, 0.1) is 6.54 Å². The standard InChI is InChI=1S/C14H25N5O/c1-19-11-16-18-13(19)8-9-15-10-14(20)17-12-6-4-2-3-5-7-12/h11-12,15H,2-10H2,1H3,(H,17,20). The van der Waals surface area contributed by atoms with E-state index in [1.807, 2.05) is 11.6 Å². The molecule has 0 unspecified atom stereocenters. The van der Waals surface area contributed by atoms with Gasteiger partial charge in [-0.25, -0.2) is 0 Å². The van der Waals surface area contributed by atoms with Gasteiger partial charge < -0.3 is 15.2 Å². The van der Waals surface area contributed by atoms with Crippen molar-refractivity contribution >= 4 is 5.91 Å². The van der Waals surface area contributed by atoms with Gasteiger partial charge in [0, 0.05) is 26.1 Å². The van der Waals surface area contributed by atoms with Crippen LogP contribution in [0.3, 0.4) is 0 Å². The molecule has 20 heavy (non-hydrogen) atoms. The average Bonchev–Trinajstić information content (AvgIpc) is 2.68. The maximum absolute atomic E-state index is 11.8. The molecule has 0 aromatic carbocycles. The minimum Gasteiger partial charge on any atom is -0.352 e. The molecular weight excluding hydrogens is 254 g/mol. The first-order chi connectivity index (χ1) is 9.75. The fraction of sp³-hybridized carbons (Fsp3) is 0.786. The Labute approximate surface area is 120 Å². The quantitative estimate of drug-likeness (QED) is 0.596. The number of nitrogens with zero attached hydrogens (tertiary/aromatic N) is 3. The van der Waals surface area contributed by atoms with Crippen molar-refractivity contribution in [2.75, 3.05) is 13.1 Å². The van der Waals surface area contributed by atoms with Crippen LogP contribution < -0.4 is 10.6 Å². The Morgan fingerprint density at radius 2 is 2.10 bits per heavy atom. The first-order valence-electron chi connectivity index (χ1n) is 7.58. The molecule has 6 heteroatoms. The summed E-state index contributed by atoms with van der Waals surface area (Å²) in [6, 6.07) is 0.380. The Morgan fingerprint density at radius 1 is 1.35 bits per heavy atom. The van der Waals surface area contributed by atoms with E-state index in [4.69, 9.17) is 0 Å². The van der Waals surface area contributed by atoms with E-state index in [0.717, 1.165) is 31.6 Å². The molecule has 1 saturated carbocycles. The molecule has 2 rings (SSSR count). The maximum atomic E-state index is 11.8. The lowest BCUT2D eigenvalue weighted by Gasteiger charge is -2.16. The summed E-state index contributed by atoms with van der Waals surface area (Å²) in [6.45, 7) is 1.12. The van der Waals surface area contributed by atoms with Gasteiger partial charge in [-0.3, -0.25) is 4.79 Å². The third-order valence-corrected chi connectivity index (χ3v) is 3.84. The topological polar surface area (TPSA) is 71.8 Å². The molecule has 1 heterocycles. The number of nitrogens with one attached hydrogen (secondary N) is 2. The van der Waals surface area contributed by atoms with Crippen LogP contribution in [0.25, 0.3) is 0 Å². The Kier molecular flexibility index (Phi) is 5.98. The van der Waals surface area contributed by atoms with Crippen molar-refractivity contribution in [3.8, 4) is 0 Å². The van der Waals surface area contributed by atoms with Crippen LogP contribution in [-0.4, -0.2) is 39.8 Å². The zero-order chi connectivity index (χ0) is 14.2. The van der Waals surface area contributed by atoms with Crippen molar-refractivity contribution in [1.29, 1.82) is 0 Å². The van der Waals surface area contributed by atoms with Crippen molar-refractivity contribution < 1.29 is 4.79 Å². The number of rotatable bonds is 6. The van der Waals surface area contributed by atoms with E-state index >= 15 is 0 Å². The molecule has 0 bridgehead atoms. The lowest BCUT2D eigenvalue weighted by atomic mass is 10.1. The molecule has 1 aliphatic rings. The molecule has 0 aliphatic heterocycles. The summed E-state index contributed by atoms with van der Waals surface area (Å²) in [5, 5.41) is 14.1. The molecule has 1 aromatic heterocycles. The first kappa shape index (κ1) is 15.0. The Balaban J connectivity index is 1.59. The highest BCUT2D eigenvalue weighted by Crippen LogP contribution is 2.16. The summed E-state index contributed by atoms with van der Waals surface area (Å²) in [6.07, 6.45) is 9.83. The molecule has 0 radical (unpaired) electrons. The van der Waals surface area contributed by atoms with Gasteiger partial charge in [-0.15, -0.1) is 10.2 Å². The highest BCUT2D eigenvalue weighted by atomic mass is 16.1. The second kappa shape index (κ2) is 7.99. The van der Waals surface area contributed by atoms with Crippen molar-refractivity contribution in [2.24, 2.45) is 7.05 Å². The highest BCUT2D eigenvalue weighted by Gasteiger charge is 2.14. The van der Waals surface area contributed by atoms with E-state index in [9.17, 15) is 4.79 Å². The number of aromatic nitrogens is 3. The largest absolute Gasteiger partial charge is 0.352 e. The van der Waals surface area contributed by atoms with E-state index in [1.54, 1.807) is 6.33 Å². The van der Waals surface area contributed by atoms with Crippen LogP contribution in [0.15, 0.2) is 6.33 Å². The fourth-order valence-corrected chi connectivity index (χ4v) is 2.64. The monoisotopic (exact) mass is 279 g/mol. The summed E-state index contributed by atoms with van der Waals surface area (Å²) in [4.78, 5) is 11.8. The normalized spacial score (nSPS) is 16.9. The van der Waals surface area contributed by atoms with Gasteiger partial charge in [-0.2, -0.15) is 0 Å². The van der Waals surface area contributed by atoms with E-state index in [2.05, 4.69) is 20.8 Å². The lowest BCUT2D eigenvalue weighted by Crippen LogP contribution is -2.40. The molecule has 1 fully saturated rings. The summed E-state index contributed by atoms with van der Waals surface area (Å²) >= 11 is 0. The molecule has 1 aromatic rings. The van der Waals surface area contributed by atoms with E-state index in [-0.39, 0.29) is 5.91 Å². The molecule has 0 saturated heterocycles. The predicted octanol–water partition coefficient (Wildman–Crippen LogP) is 0.786. The summed E-state index contributed by atoms with van der Waals surface area (Å²) in [5.74, 6) is 1.04. The van der Waals surface area contributed by atoms with Crippen LogP contribution in [-0.2, 0) is 18.3 Å². The second-order valence-electron chi connectivity index (χ2n) is 5.54. The van der Waals surface area contributed by atoms with Gasteiger partial charge in [0.25, 0.3) is 0 Å². The van der Waals surface area contributed by atoms with Gasteiger partial charge in [-0.05, 0) is 12.8 Å². The van der Waals surface area contributed by atoms with Crippen LogP contribution in [0.2, 0.25) is 0 Å². The first-order valence-corrected chi connectivity index (χ1v) is 7.58. The van der Waals surface area contributed by atoms with Gasteiger partial charge in [0.15, 0.2) is 0 Å². The van der Waals surface area contributed by atoms with Crippen LogP contribution in [0.5, 0.6) is 0 Å². The zero-order valence-electron chi connectivity index (χ0n) is 12.3. The van der Waals surface area contributed by atoms with Crippen molar-refractivity contribution in [1.82, 2.24) is 25.4 Å². The van der Waals surface area contributed by atoms with Crippen LogP contribution in [0.4, 0.5) is 0 Å². The molecule has 112 valence electrons. The number of carbonyl (C=O) groups is 1. The highest BCUT2D eigenvalue weighted by molar-refractivity contribution is 5.78. The van der Waals surface area contributed by atoms with Gasteiger partial charge >= 0.3 is 0 Å². The molecule has 1 amide bonds. The molecule has 0 spiro atoms. The third-order valence-electron chi connectivity index (χ3n) is 3.84. The van der Waals surface area contributed by atoms with Gasteiger partial charge in [-0.1, -0.05) is 25.7 Å². The Morgan fingerprint density at radius 3 is 2.75 bits per heavy atom. The molecule has 2 N–H and O–H groups in total. The maximum Gasteiger partial charge on any atom is 0.234 e. The summed E-state index contributed by atoms with van der Waals surface area (Å²) in [7, 11) is 1.92. The molecular formula is C14H25N5O. The van der Waals surface area contributed by atoms with Crippen molar-refractivity contribution in [3.63, 3.8) is 0 Å². The number of amides is 1. The van der Waals surface area contributed by atoms with E-state index < -0.39 is 0 Å². The van der Waals surface area contributed by atoms with Crippen molar-refractivity contribution in [2.45, 2.75) is 51.0 Å². The number of carbonyl (C=O) groups excluding carboxylic acids is 1. The van der Waals surface area contributed by atoms with Crippen LogP contribution >= 0.6 is 0 Å². The third kappa shape index (κ3) is 4.92. The Bertz CT molecular complexity index is 409. The molecule has 6 nitrogen and oxygen atoms in total. The second-order valence-corrected chi connectivity index (χ2v) is 5.54. The number of hydrogen-bond acceptors (Lipinski definition) is 4. The van der Waals surface area contributed by atoms with Crippen LogP contribution in [0, 0.1) is 0 Å². The van der Waals surface area contributed by atoms with E-state index in [1.165, 1.54) is 25.7 Å². The Hall–Kier alpha value is -1.43. The number of aryl methyl sites for hydroxylation is 1. The van der Waals surface area contributed by atoms with Crippen molar-refractivity contribution in [3.05, 3.63) is 12.2 Å². The van der Waals surface area contributed by atoms with Gasteiger partial charge in [0.2, 0.25) is 5.91 Å². The summed E-state index contributed by atoms with van der Waals surface area (Å²) < 4.78 is 1.90. The molecule has 0 atom stereocenters. The minimum atomic E-state index is 0.106. The van der Waals surface area contributed by atoms with Crippen LogP contribution in [0.1, 0.15) is 44.3 Å². The fourth-order valence-electron chi connectivity index (χ4n) is 2.64. The van der Waals surface area contributed by atoms with Gasteiger partial charge in [0.1, 0.15) is 12.2 Å². The van der Waals surface area contributed by atoms with E-state index in [0.29, 0.717) is 12.6 Å². The average molecular weight is 279 g/mol. The number of hydrogen-bond donors (Lipinski definition) is 2. The smallest absolute Gasteiger partial charge is 0.234 e. The molecule has 1 aliphatic carbocycles. The minimum absolute atomic E-state index is 0.106. The predicted molar refractivity (Wildman–Crippen MR) is 77.2 cm³/mol. The SMILES string of the molecule is Cn1cnnc1CCNCC(=O)NC1CCCCCC1.